The van der Waals surface area contributed by atoms with Crippen LogP contribution in [0.4, 0.5) is 13.2 Å². The molecule has 0 atom stereocenters. The van der Waals surface area contributed by atoms with Crippen molar-refractivity contribution in [1.82, 2.24) is 0 Å². The maximum Gasteiger partial charge on any atom is 0.416 e. The van der Waals surface area contributed by atoms with Crippen molar-refractivity contribution in [3.05, 3.63) is 130 Å². The van der Waals surface area contributed by atoms with Crippen molar-refractivity contribution in [1.29, 1.82) is 5.26 Å². The summed E-state index contributed by atoms with van der Waals surface area (Å²) < 4.78 is 39.3. The molecular formula is C36H19F3N4. The first-order valence-electron chi connectivity index (χ1n) is 13.4. The molecule has 7 aromatic carbocycles. The van der Waals surface area contributed by atoms with E-state index in [0.29, 0.717) is 21.8 Å². The van der Waals surface area contributed by atoms with Crippen molar-refractivity contribution in [3.63, 3.8) is 0 Å². The van der Waals surface area contributed by atoms with Crippen molar-refractivity contribution in [3.8, 4) is 28.4 Å². The van der Waals surface area contributed by atoms with Gasteiger partial charge in [-0.15, -0.1) is 4.95 Å². The third-order valence-corrected chi connectivity index (χ3v) is 8.04. The van der Waals surface area contributed by atoms with Crippen LogP contribution >= 0.6 is 0 Å². The standard InChI is InChI=1S/C36H19F3N4/c1-20-3-5-21(6-4-20)24-10-14-27-29-17-32-28(18-33(29)35(43-41-2)31(27)16-24)26-13-9-23(15-30(26)34(32)42-19-40)22-7-11-25(12-8-22)36(37,38)39/h3-18H,1H3/b42-34+,43-35+. The molecule has 7 aromatic rings. The molecule has 0 amide bonds. The molecule has 43 heavy (non-hydrogen) atoms. The molecule has 0 aromatic heterocycles. The fraction of sp³-hybridized carbons (Fsp3) is 0.0556. The number of alkyl halides is 3. The Morgan fingerprint density at radius 3 is 1.58 bits per heavy atom. The lowest BCUT2D eigenvalue weighted by Gasteiger charge is -2.08. The van der Waals surface area contributed by atoms with Crippen molar-refractivity contribution in [2.45, 2.75) is 13.1 Å². The smallest absolute Gasteiger partial charge is 0.181 e. The lowest BCUT2D eigenvalue weighted by Crippen LogP contribution is -2.04. The summed E-state index contributed by atoms with van der Waals surface area (Å²) in [6.45, 7) is 9.56. The summed E-state index contributed by atoms with van der Waals surface area (Å²) >= 11 is 0. The molecule has 7 heteroatoms. The van der Waals surface area contributed by atoms with Crippen LogP contribution in [0.15, 0.2) is 107 Å². The van der Waals surface area contributed by atoms with Gasteiger partial charge in [-0.05, 0) is 87.1 Å². The van der Waals surface area contributed by atoms with Crippen molar-refractivity contribution in [2.24, 2.45) is 10.1 Å². The predicted octanol–water partition coefficient (Wildman–Crippen LogP) is 8.95. The van der Waals surface area contributed by atoms with E-state index in [9.17, 15) is 18.4 Å². The van der Waals surface area contributed by atoms with E-state index in [1.807, 2.05) is 49.5 Å². The Labute approximate surface area is 243 Å². The lowest BCUT2D eigenvalue weighted by atomic mass is 10.0. The van der Waals surface area contributed by atoms with E-state index in [2.05, 4.69) is 51.4 Å². The number of benzene rings is 5. The molecule has 7 rings (SSSR count). The van der Waals surface area contributed by atoms with Crippen molar-refractivity contribution >= 4 is 43.1 Å². The molecule has 0 N–H and O–H groups in total. The maximum absolute atomic E-state index is 13.1. The van der Waals surface area contributed by atoms with Crippen molar-refractivity contribution in [2.75, 3.05) is 0 Å². The third kappa shape index (κ3) is 4.22. The molecule has 0 aliphatic carbocycles. The molecule has 0 aliphatic rings. The van der Waals surface area contributed by atoms with Gasteiger partial charge < -0.3 is 0 Å². The molecule has 0 unspecified atom stereocenters. The van der Waals surface area contributed by atoms with Crippen molar-refractivity contribution < 1.29 is 13.2 Å². The Kier molecular flexibility index (Phi) is 5.86. The summed E-state index contributed by atoms with van der Waals surface area (Å²) in [5, 5.41) is 21.6. The van der Waals surface area contributed by atoms with Crippen LogP contribution in [-0.2, 0) is 6.18 Å². The van der Waals surface area contributed by atoms with Crippen LogP contribution in [0.2, 0.25) is 0 Å². The Hall–Kier alpha value is -5.79. The highest BCUT2D eigenvalue weighted by Crippen LogP contribution is 2.36. The van der Waals surface area contributed by atoms with Gasteiger partial charge in [-0.25, -0.2) is 0 Å². The first-order valence-corrected chi connectivity index (χ1v) is 13.4. The minimum Gasteiger partial charge on any atom is -0.181 e. The Morgan fingerprint density at radius 1 is 0.605 bits per heavy atom. The molecular weight excluding hydrogens is 545 g/mol. The molecule has 4 nitrogen and oxygen atoms in total. The second kappa shape index (κ2) is 9.65. The summed E-state index contributed by atoms with van der Waals surface area (Å²) in [5.41, 5.74) is 3.87. The Bertz CT molecular complexity index is 2450. The first kappa shape index (κ1) is 26.1. The normalized spacial score (nSPS) is 12.9. The average Bonchev–Trinajstić information content (AvgIpc) is 3.47. The highest BCUT2D eigenvalue weighted by atomic mass is 19.4. The summed E-state index contributed by atoms with van der Waals surface area (Å²) in [4.78, 5) is 7.56. The molecule has 0 spiro atoms. The van der Waals surface area contributed by atoms with E-state index >= 15 is 0 Å². The molecule has 0 saturated carbocycles. The number of hydrogen-bond acceptors (Lipinski definition) is 3. The molecule has 0 aliphatic heterocycles. The van der Waals surface area contributed by atoms with Gasteiger partial charge in [0.2, 0.25) is 6.19 Å². The number of aryl methyl sites for hydroxylation is 1. The van der Waals surface area contributed by atoms with Crippen LogP contribution < -0.4 is 10.7 Å². The SMILES string of the molecule is [C-]#[N+]/N=c1\c2cc(-c3ccc(C)cc3)ccc2c2cc3/c(=N/C#N)c4cc(-c5ccc(C(F)(F)F)cc5)ccc4c3cc12. The van der Waals surface area contributed by atoms with E-state index in [0.717, 1.165) is 66.3 Å². The van der Waals surface area contributed by atoms with Gasteiger partial charge in [-0.2, -0.15) is 30.0 Å². The lowest BCUT2D eigenvalue weighted by molar-refractivity contribution is -0.137. The van der Waals surface area contributed by atoms with Crippen LogP contribution in [-0.4, -0.2) is 0 Å². The van der Waals surface area contributed by atoms with Gasteiger partial charge in [0, 0.05) is 21.5 Å². The van der Waals surface area contributed by atoms with Gasteiger partial charge in [0.05, 0.1) is 16.0 Å². The zero-order valence-corrected chi connectivity index (χ0v) is 22.7. The third-order valence-electron chi connectivity index (χ3n) is 8.04. The van der Waals surface area contributed by atoms with Gasteiger partial charge in [-0.3, -0.25) is 0 Å². The van der Waals surface area contributed by atoms with E-state index in [-0.39, 0.29) is 0 Å². The Balaban J connectivity index is 1.48. The quantitative estimate of drug-likeness (QED) is 0.117. The highest BCUT2D eigenvalue weighted by Gasteiger charge is 2.30. The second-order valence-electron chi connectivity index (χ2n) is 10.5. The largest absolute Gasteiger partial charge is 0.416 e. The second-order valence-corrected chi connectivity index (χ2v) is 10.5. The summed E-state index contributed by atoms with van der Waals surface area (Å²) in [7, 11) is 0. The van der Waals surface area contributed by atoms with Gasteiger partial charge in [0.1, 0.15) is 0 Å². The summed E-state index contributed by atoms with van der Waals surface area (Å²) in [6, 6.07) is 29.0. The number of halogens is 3. The van der Waals surface area contributed by atoms with Crippen LogP contribution in [0.3, 0.4) is 0 Å². The average molecular weight is 565 g/mol. The Morgan fingerprint density at radius 2 is 1.07 bits per heavy atom. The summed E-state index contributed by atoms with van der Waals surface area (Å²) in [6.07, 6.45) is -2.50. The first-order chi connectivity index (χ1) is 20.8. The monoisotopic (exact) mass is 564 g/mol. The fourth-order valence-corrected chi connectivity index (χ4v) is 5.96. The minimum atomic E-state index is -4.42. The van der Waals surface area contributed by atoms with E-state index in [4.69, 9.17) is 6.57 Å². The van der Waals surface area contributed by atoms with Crippen LogP contribution in [0.25, 0.3) is 70.3 Å². The van der Waals surface area contributed by atoms with E-state index in [1.165, 1.54) is 17.7 Å². The van der Waals surface area contributed by atoms with Gasteiger partial charge >= 0.3 is 6.18 Å². The van der Waals surface area contributed by atoms with Gasteiger partial charge in [0.15, 0.2) is 5.36 Å². The zero-order valence-electron chi connectivity index (χ0n) is 22.7. The molecule has 204 valence electrons. The molecule has 0 saturated heterocycles. The molecule has 0 radical (unpaired) electrons. The number of rotatable bonds is 2. The topological polar surface area (TPSA) is 52.9 Å². The molecule has 0 bridgehead atoms. The van der Waals surface area contributed by atoms with Crippen LogP contribution in [0.1, 0.15) is 11.1 Å². The maximum atomic E-state index is 13.1. The van der Waals surface area contributed by atoms with E-state index < -0.39 is 11.7 Å². The van der Waals surface area contributed by atoms with Crippen LogP contribution in [0, 0.1) is 25.0 Å². The van der Waals surface area contributed by atoms with Crippen LogP contribution in [0.5, 0.6) is 0 Å². The highest BCUT2D eigenvalue weighted by molar-refractivity contribution is 6.21. The number of fused-ring (bicyclic) bond motifs is 6. The number of hydrogen-bond donors (Lipinski definition) is 0. The van der Waals surface area contributed by atoms with Gasteiger partial charge in [0.25, 0.3) is 0 Å². The molecule has 0 fully saturated rings. The molecule has 0 heterocycles. The number of nitrogens with zero attached hydrogens (tertiary/aromatic N) is 4. The van der Waals surface area contributed by atoms with E-state index in [1.54, 1.807) is 0 Å². The fourth-order valence-electron chi connectivity index (χ4n) is 5.96. The minimum absolute atomic E-state index is 0.498. The number of nitriles is 1. The van der Waals surface area contributed by atoms with Gasteiger partial charge in [-0.1, -0.05) is 66.2 Å². The predicted molar refractivity (Wildman–Crippen MR) is 163 cm³/mol. The summed E-state index contributed by atoms with van der Waals surface area (Å²) in [5.74, 6) is 0. The zero-order chi connectivity index (χ0) is 29.9.